The molecule has 2 N–H and O–H groups in total. The highest BCUT2D eigenvalue weighted by molar-refractivity contribution is 5.26. The topological polar surface area (TPSA) is 44.5 Å². The van der Waals surface area contributed by atoms with Gasteiger partial charge in [-0.15, -0.1) is 0 Å². The minimum atomic E-state index is -0.381. The molecule has 3 nitrogen and oxygen atoms in total. The lowest BCUT2D eigenvalue weighted by Gasteiger charge is -2.32. The summed E-state index contributed by atoms with van der Waals surface area (Å²) in [6.07, 6.45) is 0.346. The molecule has 0 spiro atoms. The zero-order valence-electron chi connectivity index (χ0n) is 17.3. The van der Waals surface area contributed by atoms with Gasteiger partial charge in [-0.3, -0.25) is 0 Å². The van der Waals surface area contributed by atoms with E-state index >= 15 is 0 Å². The molecule has 0 saturated heterocycles. The Hall–Kier alpha value is -2.46. The van der Waals surface area contributed by atoms with Crippen molar-refractivity contribution < 1.29 is 9.47 Å². The van der Waals surface area contributed by atoms with Crippen molar-refractivity contribution in [3.8, 4) is 0 Å². The quantitative estimate of drug-likeness (QED) is 0.474. The normalized spacial score (nSPS) is 15.4. The van der Waals surface area contributed by atoms with Crippen LogP contribution in [0.25, 0.3) is 0 Å². The Bertz CT molecular complexity index is 834. The van der Waals surface area contributed by atoms with Crippen LogP contribution in [0.15, 0.2) is 91.0 Å². The minimum Gasteiger partial charge on any atom is -0.369 e. The fraction of sp³-hybridized carbons (Fsp3) is 0.308. The third kappa shape index (κ3) is 6.26. The van der Waals surface area contributed by atoms with Gasteiger partial charge in [-0.2, -0.15) is 0 Å². The Morgan fingerprint density at radius 3 is 1.66 bits per heavy atom. The van der Waals surface area contributed by atoms with Crippen LogP contribution in [-0.4, -0.2) is 12.1 Å². The molecular weight excluding hydrogens is 358 g/mol. The van der Waals surface area contributed by atoms with Crippen LogP contribution in [0.2, 0.25) is 0 Å². The van der Waals surface area contributed by atoms with Crippen molar-refractivity contribution in [1.82, 2.24) is 0 Å². The summed E-state index contributed by atoms with van der Waals surface area (Å²) < 4.78 is 12.9. The Morgan fingerprint density at radius 1 is 0.724 bits per heavy atom. The third-order valence-corrected chi connectivity index (χ3v) is 5.20. The van der Waals surface area contributed by atoms with Crippen LogP contribution in [0, 0.1) is 0 Å². The van der Waals surface area contributed by atoms with Crippen molar-refractivity contribution in [2.24, 2.45) is 5.73 Å². The van der Waals surface area contributed by atoms with Crippen LogP contribution < -0.4 is 5.73 Å². The Morgan fingerprint density at radius 2 is 1.17 bits per heavy atom. The summed E-state index contributed by atoms with van der Waals surface area (Å²) in [6.45, 7) is 5.08. The van der Waals surface area contributed by atoms with Gasteiger partial charge >= 0.3 is 0 Å². The summed E-state index contributed by atoms with van der Waals surface area (Å²) >= 11 is 0. The monoisotopic (exact) mass is 389 g/mol. The van der Waals surface area contributed by atoms with Crippen LogP contribution in [-0.2, 0) is 16.1 Å². The van der Waals surface area contributed by atoms with E-state index in [2.05, 4.69) is 43.3 Å². The average molecular weight is 390 g/mol. The van der Waals surface area contributed by atoms with E-state index in [1.165, 1.54) is 0 Å². The summed E-state index contributed by atoms with van der Waals surface area (Å²) in [6, 6.07) is 30.8. The van der Waals surface area contributed by atoms with Crippen LogP contribution in [0.4, 0.5) is 0 Å². The molecule has 0 amide bonds. The van der Waals surface area contributed by atoms with E-state index in [1.807, 2.05) is 61.5 Å². The molecule has 0 radical (unpaired) electrons. The predicted molar refractivity (Wildman–Crippen MR) is 118 cm³/mol. The molecule has 0 bridgehead atoms. The van der Waals surface area contributed by atoms with Gasteiger partial charge < -0.3 is 15.2 Å². The Balaban J connectivity index is 1.90. The van der Waals surface area contributed by atoms with Gasteiger partial charge in [0.05, 0.1) is 13.2 Å². The smallest absolute Gasteiger partial charge is 0.113 e. The molecule has 152 valence electrons. The van der Waals surface area contributed by atoms with E-state index in [-0.39, 0.29) is 17.7 Å². The molecule has 0 heterocycles. The number of ether oxygens (including phenoxy) is 2. The first kappa shape index (κ1) is 21.3. The van der Waals surface area contributed by atoms with Gasteiger partial charge in [-0.05, 0) is 30.0 Å². The zero-order valence-corrected chi connectivity index (χ0v) is 17.3. The molecule has 29 heavy (non-hydrogen) atoms. The van der Waals surface area contributed by atoms with Gasteiger partial charge in [0, 0.05) is 5.54 Å². The SMILES string of the molecule is CC[C@@](C)(N)CO[C@@H](c1ccccc1)[C@@H](OCc1ccccc1)c1ccccc1. The lowest BCUT2D eigenvalue weighted by Crippen LogP contribution is -2.41. The highest BCUT2D eigenvalue weighted by atomic mass is 16.5. The number of nitrogens with two attached hydrogens (primary N) is 1. The van der Waals surface area contributed by atoms with Crippen molar-refractivity contribution in [3.05, 3.63) is 108 Å². The fourth-order valence-corrected chi connectivity index (χ4v) is 3.14. The van der Waals surface area contributed by atoms with Gasteiger partial charge in [0.15, 0.2) is 0 Å². The molecule has 3 atom stereocenters. The minimum absolute atomic E-state index is 0.244. The zero-order chi connectivity index (χ0) is 20.5. The second kappa shape index (κ2) is 10.4. The number of rotatable bonds is 10. The van der Waals surface area contributed by atoms with E-state index in [4.69, 9.17) is 15.2 Å². The first-order valence-corrected chi connectivity index (χ1v) is 10.2. The van der Waals surface area contributed by atoms with Crippen molar-refractivity contribution in [2.75, 3.05) is 6.61 Å². The summed E-state index contributed by atoms with van der Waals surface area (Å²) in [5.41, 5.74) is 9.31. The molecule has 0 aliphatic rings. The maximum Gasteiger partial charge on any atom is 0.113 e. The molecular formula is C26H31NO2. The van der Waals surface area contributed by atoms with E-state index in [0.29, 0.717) is 13.2 Å². The van der Waals surface area contributed by atoms with Gasteiger partial charge in [0.1, 0.15) is 12.2 Å². The molecule has 3 aromatic rings. The molecule has 3 heteroatoms. The van der Waals surface area contributed by atoms with Crippen molar-refractivity contribution in [2.45, 2.75) is 44.6 Å². The van der Waals surface area contributed by atoms with Gasteiger partial charge in [0.2, 0.25) is 0 Å². The van der Waals surface area contributed by atoms with Crippen molar-refractivity contribution in [3.63, 3.8) is 0 Å². The van der Waals surface area contributed by atoms with Crippen LogP contribution in [0.3, 0.4) is 0 Å². The third-order valence-electron chi connectivity index (χ3n) is 5.20. The summed E-state index contributed by atoms with van der Waals surface area (Å²) in [5.74, 6) is 0. The average Bonchev–Trinajstić information content (AvgIpc) is 2.78. The van der Waals surface area contributed by atoms with Gasteiger partial charge in [0.25, 0.3) is 0 Å². The second-order valence-corrected chi connectivity index (χ2v) is 7.78. The molecule has 0 saturated carbocycles. The molecule has 3 rings (SSSR count). The van der Waals surface area contributed by atoms with E-state index < -0.39 is 0 Å². The maximum atomic E-state index is 6.46. The van der Waals surface area contributed by atoms with Gasteiger partial charge in [-0.25, -0.2) is 0 Å². The highest BCUT2D eigenvalue weighted by Crippen LogP contribution is 2.36. The first-order valence-electron chi connectivity index (χ1n) is 10.2. The highest BCUT2D eigenvalue weighted by Gasteiger charge is 2.29. The van der Waals surface area contributed by atoms with Crippen molar-refractivity contribution >= 4 is 0 Å². The maximum absolute atomic E-state index is 6.46. The molecule has 0 unspecified atom stereocenters. The molecule has 0 aromatic heterocycles. The van der Waals surface area contributed by atoms with Crippen LogP contribution in [0.5, 0.6) is 0 Å². The summed E-state index contributed by atoms with van der Waals surface area (Å²) in [4.78, 5) is 0. The first-order chi connectivity index (χ1) is 14.1. The molecule has 0 aliphatic carbocycles. The van der Waals surface area contributed by atoms with Crippen LogP contribution in [0.1, 0.15) is 49.2 Å². The lowest BCUT2D eigenvalue weighted by atomic mass is 9.96. The summed E-state index contributed by atoms with van der Waals surface area (Å²) in [7, 11) is 0. The standard InChI is InChI=1S/C26H31NO2/c1-3-26(2,27)20-29-25(23-17-11-6-12-18-23)24(22-15-9-5-10-16-22)28-19-21-13-7-4-8-14-21/h4-18,24-25H,3,19-20,27H2,1-2H3/t24-,25-,26+/m0/s1. The van der Waals surface area contributed by atoms with Gasteiger partial charge in [-0.1, -0.05) is 97.9 Å². The number of hydrogen-bond acceptors (Lipinski definition) is 3. The van der Waals surface area contributed by atoms with E-state index in [9.17, 15) is 0 Å². The summed E-state index contributed by atoms with van der Waals surface area (Å²) in [5, 5.41) is 0. The van der Waals surface area contributed by atoms with Crippen LogP contribution >= 0.6 is 0 Å². The Labute approximate surface area is 174 Å². The van der Waals surface area contributed by atoms with E-state index in [0.717, 1.165) is 23.1 Å². The number of benzene rings is 3. The fourth-order valence-electron chi connectivity index (χ4n) is 3.14. The Kier molecular flexibility index (Phi) is 7.59. The molecule has 0 aliphatic heterocycles. The molecule has 0 fully saturated rings. The lowest BCUT2D eigenvalue weighted by molar-refractivity contribution is -0.0941. The second-order valence-electron chi connectivity index (χ2n) is 7.78. The number of hydrogen-bond donors (Lipinski definition) is 1. The van der Waals surface area contributed by atoms with E-state index in [1.54, 1.807) is 0 Å². The largest absolute Gasteiger partial charge is 0.369 e. The molecule has 3 aromatic carbocycles. The predicted octanol–water partition coefficient (Wildman–Crippen LogP) is 5.83. The van der Waals surface area contributed by atoms with Crippen molar-refractivity contribution in [1.29, 1.82) is 0 Å².